The Morgan fingerprint density at radius 2 is 1.89 bits per heavy atom. The first kappa shape index (κ1) is 12.1. The summed E-state index contributed by atoms with van der Waals surface area (Å²) >= 11 is 0. The molecule has 0 aliphatic rings. The van der Waals surface area contributed by atoms with E-state index in [1.165, 1.54) is 19.5 Å². The maximum absolute atomic E-state index is 12.3. The predicted molar refractivity (Wildman–Crippen MR) is 63.5 cm³/mol. The van der Waals surface area contributed by atoms with Crippen LogP contribution < -0.4 is 4.74 Å². The number of hydrogen-bond acceptors (Lipinski definition) is 6. The van der Waals surface area contributed by atoms with Crippen LogP contribution in [0, 0.1) is 13.8 Å². The van der Waals surface area contributed by atoms with Crippen molar-refractivity contribution < 1.29 is 9.53 Å². The quantitative estimate of drug-likeness (QED) is 0.753. The molecule has 0 atom stereocenters. The third-order valence-corrected chi connectivity index (χ3v) is 2.42. The van der Waals surface area contributed by atoms with Crippen LogP contribution in [0.25, 0.3) is 0 Å². The molecule has 0 unspecified atom stereocenters. The topological polar surface area (TPSA) is 77.9 Å². The van der Waals surface area contributed by atoms with Crippen LogP contribution in [0.5, 0.6) is 5.88 Å². The standard InChI is InChI=1S/C12H12N4O2/c1-7-6-9(8(2)16-15-7)11(17)10-12(18-3)14-5-4-13-10/h4-6H,1-3H3. The van der Waals surface area contributed by atoms with Gasteiger partial charge < -0.3 is 4.74 Å². The fourth-order valence-corrected chi connectivity index (χ4v) is 1.54. The monoisotopic (exact) mass is 244 g/mol. The molecule has 2 rings (SSSR count). The molecule has 2 aromatic heterocycles. The average Bonchev–Trinajstić information content (AvgIpc) is 2.40. The summed E-state index contributed by atoms with van der Waals surface area (Å²) in [6, 6.07) is 1.68. The van der Waals surface area contributed by atoms with E-state index in [9.17, 15) is 4.79 Å². The summed E-state index contributed by atoms with van der Waals surface area (Å²) in [6.45, 7) is 3.50. The molecule has 0 aliphatic carbocycles. The van der Waals surface area contributed by atoms with E-state index in [-0.39, 0.29) is 17.4 Å². The van der Waals surface area contributed by atoms with Gasteiger partial charge in [0.05, 0.1) is 18.5 Å². The average molecular weight is 244 g/mol. The van der Waals surface area contributed by atoms with Gasteiger partial charge in [-0.25, -0.2) is 9.97 Å². The third kappa shape index (κ3) is 2.17. The molecule has 0 fully saturated rings. The number of ketones is 1. The van der Waals surface area contributed by atoms with Crippen LogP contribution in [0.4, 0.5) is 0 Å². The number of hydrogen-bond donors (Lipinski definition) is 0. The fourth-order valence-electron chi connectivity index (χ4n) is 1.54. The van der Waals surface area contributed by atoms with Gasteiger partial charge in [0.25, 0.3) is 0 Å². The van der Waals surface area contributed by atoms with E-state index >= 15 is 0 Å². The molecule has 18 heavy (non-hydrogen) atoms. The summed E-state index contributed by atoms with van der Waals surface area (Å²) < 4.78 is 5.03. The van der Waals surface area contributed by atoms with Crippen LogP contribution in [0.2, 0.25) is 0 Å². The molecular weight excluding hydrogens is 232 g/mol. The Bertz CT molecular complexity index is 598. The number of aryl methyl sites for hydroxylation is 2. The van der Waals surface area contributed by atoms with Gasteiger partial charge >= 0.3 is 0 Å². The highest BCUT2D eigenvalue weighted by Crippen LogP contribution is 2.17. The number of nitrogens with zero attached hydrogens (tertiary/aromatic N) is 4. The molecule has 2 aromatic rings. The smallest absolute Gasteiger partial charge is 0.243 e. The number of ether oxygens (including phenoxy) is 1. The molecule has 0 bridgehead atoms. The first-order valence-electron chi connectivity index (χ1n) is 5.34. The van der Waals surface area contributed by atoms with Crippen LogP contribution in [-0.4, -0.2) is 33.1 Å². The van der Waals surface area contributed by atoms with E-state index < -0.39 is 0 Å². The minimum Gasteiger partial charge on any atom is -0.479 e. The highest BCUT2D eigenvalue weighted by atomic mass is 16.5. The van der Waals surface area contributed by atoms with Crippen LogP contribution in [-0.2, 0) is 0 Å². The zero-order chi connectivity index (χ0) is 13.1. The van der Waals surface area contributed by atoms with Gasteiger partial charge in [-0.3, -0.25) is 4.79 Å². The molecule has 6 nitrogen and oxygen atoms in total. The van der Waals surface area contributed by atoms with Gasteiger partial charge in [0.15, 0.2) is 5.69 Å². The van der Waals surface area contributed by atoms with Crippen molar-refractivity contribution in [2.24, 2.45) is 0 Å². The van der Waals surface area contributed by atoms with Crippen LogP contribution in [0.15, 0.2) is 18.5 Å². The van der Waals surface area contributed by atoms with Crippen molar-refractivity contribution in [3.8, 4) is 5.88 Å². The number of carbonyl (C=O) groups is 1. The zero-order valence-corrected chi connectivity index (χ0v) is 10.3. The lowest BCUT2D eigenvalue weighted by Gasteiger charge is -2.06. The zero-order valence-electron chi connectivity index (χ0n) is 10.3. The van der Waals surface area contributed by atoms with Gasteiger partial charge in [-0.1, -0.05) is 0 Å². The van der Waals surface area contributed by atoms with Crippen molar-refractivity contribution in [3.05, 3.63) is 41.1 Å². The number of carbonyl (C=O) groups excluding carboxylic acids is 1. The second-order valence-electron chi connectivity index (χ2n) is 3.73. The molecule has 6 heteroatoms. The highest BCUT2D eigenvalue weighted by molar-refractivity contribution is 6.09. The SMILES string of the molecule is COc1nccnc1C(=O)c1cc(C)nnc1C. The van der Waals surface area contributed by atoms with Crippen LogP contribution >= 0.6 is 0 Å². The lowest BCUT2D eigenvalue weighted by molar-refractivity contribution is 0.102. The van der Waals surface area contributed by atoms with Crippen molar-refractivity contribution in [1.29, 1.82) is 0 Å². The molecule has 0 radical (unpaired) electrons. The Hall–Kier alpha value is -2.37. The molecule has 0 saturated heterocycles. The van der Waals surface area contributed by atoms with Crippen molar-refractivity contribution in [2.75, 3.05) is 7.11 Å². The summed E-state index contributed by atoms with van der Waals surface area (Å²) in [5.74, 6) is -0.0631. The Balaban J connectivity index is 2.51. The summed E-state index contributed by atoms with van der Waals surface area (Å²) in [7, 11) is 1.45. The van der Waals surface area contributed by atoms with Crippen LogP contribution in [0.3, 0.4) is 0 Å². The molecule has 2 heterocycles. The van der Waals surface area contributed by atoms with Gasteiger partial charge in [0.2, 0.25) is 11.7 Å². The largest absolute Gasteiger partial charge is 0.479 e. The molecule has 0 aliphatic heterocycles. The Morgan fingerprint density at radius 3 is 2.61 bits per heavy atom. The molecule has 92 valence electrons. The molecule has 0 N–H and O–H groups in total. The lowest BCUT2D eigenvalue weighted by atomic mass is 10.1. The van der Waals surface area contributed by atoms with Crippen molar-refractivity contribution in [1.82, 2.24) is 20.2 Å². The van der Waals surface area contributed by atoms with Gasteiger partial charge in [0, 0.05) is 18.0 Å². The summed E-state index contributed by atoms with van der Waals surface area (Å²) in [6.07, 6.45) is 2.92. The van der Waals surface area contributed by atoms with E-state index in [1.807, 2.05) is 0 Å². The third-order valence-electron chi connectivity index (χ3n) is 2.42. The minimum atomic E-state index is -0.268. The summed E-state index contributed by atoms with van der Waals surface area (Å²) in [4.78, 5) is 20.3. The first-order valence-corrected chi connectivity index (χ1v) is 5.34. The van der Waals surface area contributed by atoms with Crippen LogP contribution in [0.1, 0.15) is 27.4 Å². The minimum absolute atomic E-state index is 0.176. The second kappa shape index (κ2) is 4.87. The highest BCUT2D eigenvalue weighted by Gasteiger charge is 2.19. The number of aromatic nitrogens is 4. The molecule has 0 spiro atoms. The first-order chi connectivity index (χ1) is 8.63. The Morgan fingerprint density at radius 1 is 1.17 bits per heavy atom. The van der Waals surface area contributed by atoms with Crippen molar-refractivity contribution >= 4 is 5.78 Å². The van der Waals surface area contributed by atoms with Gasteiger partial charge in [-0.05, 0) is 19.9 Å². The maximum Gasteiger partial charge on any atom is 0.243 e. The fraction of sp³-hybridized carbons (Fsp3) is 0.250. The van der Waals surface area contributed by atoms with E-state index in [4.69, 9.17) is 4.74 Å². The van der Waals surface area contributed by atoms with E-state index in [1.54, 1.807) is 19.9 Å². The molecule has 0 amide bonds. The van der Waals surface area contributed by atoms with Gasteiger partial charge in [-0.2, -0.15) is 10.2 Å². The van der Waals surface area contributed by atoms with E-state index in [0.29, 0.717) is 17.0 Å². The molecular formula is C12H12N4O2. The van der Waals surface area contributed by atoms with Crippen molar-refractivity contribution in [3.63, 3.8) is 0 Å². The maximum atomic E-state index is 12.3. The predicted octanol–water partition coefficient (Wildman–Crippen LogP) is 1.12. The Kier molecular flexibility index (Phi) is 3.27. The van der Waals surface area contributed by atoms with Crippen molar-refractivity contribution in [2.45, 2.75) is 13.8 Å². The van der Waals surface area contributed by atoms with E-state index in [2.05, 4.69) is 20.2 Å². The molecule has 0 saturated carbocycles. The number of methoxy groups -OCH3 is 1. The Labute approximate surface area is 104 Å². The molecule has 0 aromatic carbocycles. The summed E-state index contributed by atoms with van der Waals surface area (Å²) in [5.41, 5.74) is 1.86. The number of rotatable bonds is 3. The van der Waals surface area contributed by atoms with Gasteiger partial charge in [-0.15, -0.1) is 0 Å². The normalized spacial score (nSPS) is 10.2. The van der Waals surface area contributed by atoms with E-state index in [0.717, 1.165) is 0 Å². The second-order valence-corrected chi connectivity index (χ2v) is 3.73. The van der Waals surface area contributed by atoms with Gasteiger partial charge in [0.1, 0.15) is 0 Å². The lowest BCUT2D eigenvalue weighted by Crippen LogP contribution is -2.11. The summed E-state index contributed by atoms with van der Waals surface area (Å²) in [5, 5.41) is 7.81.